The van der Waals surface area contributed by atoms with E-state index in [9.17, 15) is 4.79 Å². The molecular formula is C16H11IN2OS. The molecule has 2 aromatic carbocycles. The number of aromatic nitrogens is 1. The van der Waals surface area contributed by atoms with E-state index in [0.717, 1.165) is 24.5 Å². The number of anilines is 1. The van der Waals surface area contributed by atoms with E-state index in [1.54, 1.807) is 17.4 Å². The highest BCUT2D eigenvalue weighted by Crippen LogP contribution is 2.22. The van der Waals surface area contributed by atoms with Gasteiger partial charge in [-0.2, -0.15) is 0 Å². The maximum Gasteiger partial charge on any atom is 0.248 e. The van der Waals surface area contributed by atoms with Gasteiger partial charge in [-0.05, 0) is 52.9 Å². The van der Waals surface area contributed by atoms with E-state index in [1.165, 1.54) is 6.08 Å². The summed E-state index contributed by atoms with van der Waals surface area (Å²) in [4.78, 5) is 16.4. The number of carbonyl (C=O) groups excluding carboxylic acids is 1. The molecular weight excluding hydrogens is 395 g/mol. The zero-order chi connectivity index (χ0) is 14.7. The first-order chi connectivity index (χ1) is 10.2. The van der Waals surface area contributed by atoms with Gasteiger partial charge in [-0.15, -0.1) is 11.3 Å². The lowest BCUT2D eigenvalue weighted by Gasteiger charge is -2.03. The number of benzene rings is 2. The number of hydrogen-bond donors (Lipinski definition) is 1. The van der Waals surface area contributed by atoms with Gasteiger partial charge in [-0.1, -0.05) is 24.3 Å². The standard InChI is InChI=1S/C16H11IN2OS/c17-11-5-1-2-6-12(11)18-15(20)9-10-16-19-13-7-3-4-8-14(13)21-16/h1-10H,(H,18,20)/b10-9+. The highest BCUT2D eigenvalue weighted by Gasteiger charge is 2.03. The molecule has 1 aromatic heterocycles. The number of fused-ring (bicyclic) bond motifs is 1. The third-order valence-electron chi connectivity index (χ3n) is 2.82. The molecule has 0 saturated carbocycles. The van der Waals surface area contributed by atoms with Crippen molar-refractivity contribution in [3.05, 3.63) is 63.2 Å². The summed E-state index contributed by atoms with van der Waals surface area (Å²) in [6, 6.07) is 15.6. The Hall–Kier alpha value is -1.73. The Morgan fingerprint density at radius 3 is 2.71 bits per heavy atom. The number of carbonyl (C=O) groups is 1. The van der Waals surface area contributed by atoms with E-state index >= 15 is 0 Å². The third-order valence-corrected chi connectivity index (χ3v) is 4.76. The van der Waals surface area contributed by atoms with Crippen LogP contribution < -0.4 is 5.32 Å². The Labute approximate surface area is 139 Å². The maximum absolute atomic E-state index is 11.9. The molecule has 0 aliphatic carbocycles. The molecule has 1 N–H and O–H groups in total. The maximum atomic E-state index is 11.9. The average Bonchev–Trinajstić information content (AvgIpc) is 2.90. The van der Waals surface area contributed by atoms with Gasteiger partial charge in [0.2, 0.25) is 5.91 Å². The zero-order valence-corrected chi connectivity index (χ0v) is 13.9. The van der Waals surface area contributed by atoms with Crippen molar-refractivity contribution in [3.8, 4) is 0 Å². The van der Waals surface area contributed by atoms with Crippen molar-refractivity contribution in [2.45, 2.75) is 0 Å². The lowest BCUT2D eigenvalue weighted by atomic mass is 10.3. The second-order valence-corrected chi connectivity index (χ2v) is 6.55. The molecule has 0 unspecified atom stereocenters. The highest BCUT2D eigenvalue weighted by atomic mass is 127. The van der Waals surface area contributed by atoms with Gasteiger partial charge in [0, 0.05) is 9.65 Å². The summed E-state index contributed by atoms with van der Waals surface area (Å²) in [5.41, 5.74) is 1.78. The van der Waals surface area contributed by atoms with Crippen molar-refractivity contribution in [1.29, 1.82) is 0 Å². The quantitative estimate of drug-likeness (QED) is 0.512. The fourth-order valence-electron chi connectivity index (χ4n) is 1.85. The van der Waals surface area contributed by atoms with Gasteiger partial charge >= 0.3 is 0 Å². The number of rotatable bonds is 3. The summed E-state index contributed by atoms with van der Waals surface area (Å²) < 4.78 is 2.13. The Morgan fingerprint density at radius 2 is 1.90 bits per heavy atom. The van der Waals surface area contributed by atoms with Crippen molar-refractivity contribution in [1.82, 2.24) is 4.98 Å². The third kappa shape index (κ3) is 3.48. The minimum absolute atomic E-state index is 0.154. The molecule has 0 saturated heterocycles. The SMILES string of the molecule is O=C(/C=C/c1nc2ccccc2s1)Nc1ccccc1I. The molecule has 0 atom stereocenters. The van der Waals surface area contributed by atoms with Gasteiger partial charge in [0.05, 0.1) is 15.9 Å². The number of halogens is 1. The predicted molar refractivity (Wildman–Crippen MR) is 96.4 cm³/mol. The van der Waals surface area contributed by atoms with Crippen molar-refractivity contribution in [2.24, 2.45) is 0 Å². The van der Waals surface area contributed by atoms with Crippen LogP contribution in [0, 0.1) is 3.57 Å². The van der Waals surface area contributed by atoms with Gasteiger partial charge in [-0.25, -0.2) is 4.98 Å². The van der Waals surface area contributed by atoms with E-state index < -0.39 is 0 Å². The predicted octanol–water partition coefficient (Wildman–Crippen LogP) is 4.55. The molecule has 104 valence electrons. The fourth-order valence-corrected chi connectivity index (χ4v) is 3.24. The summed E-state index contributed by atoms with van der Waals surface area (Å²) >= 11 is 3.76. The first-order valence-corrected chi connectivity index (χ1v) is 8.21. The molecule has 1 amide bonds. The molecule has 0 aliphatic rings. The Balaban J connectivity index is 1.73. The van der Waals surface area contributed by atoms with Crippen LogP contribution in [-0.4, -0.2) is 10.9 Å². The normalized spacial score (nSPS) is 11.1. The van der Waals surface area contributed by atoms with E-state index in [0.29, 0.717) is 0 Å². The van der Waals surface area contributed by atoms with E-state index in [1.807, 2.05) is 48.5 Å². The van der Waals surface area contributed by atoms with Gasteiger partial charge in [0.15, 0.2) is 0 Å². The molecule has 0 aliphatic heterocycles. The van der Waals surface area contributed by atoms with Crippen molar-refractivity contribution in [2.75, 3.05) is 5.32 Å². The Bertz CT molecular complexity index is 793. The lowest BCUT2D eigenvalue weighted by Crippen LogP contribution is -2.08. The zero-order valence-electron chi connectivity index (χ0n) is 10.9. The van der Waals surface area contributed by atoms with Crippen LogP contribution in [0.3, 0.4) is 0 Å². The van der Waals surface area contributed by atoms with Crippen LogP contribution >= 0.6 is 33.9 Å². The van der Waals surface area contributed by atoms with E-state index in [2.05, 4.69) is 32.9 Å². The smallest absolute Gasteiger partial charge is 0.248 e. The average molecular weight is 406 g/mol. The number of para-hydroxylation sites is 2. The monoisotopic (exact) mass is 406 g/mol. The Kier molecular flexibility index (Phi) is 4.31. The van der Waals surface area contributed by atoms with Crippen LogP contribution in [-0.2, 0) is 4.79 Å². The molecule has 3 nitrogen and oxygen atoms in total. The molecule has 0 bridgehead atoms. The lowest BCUT2D eigenvalue weighted by molar-refractivity contribution is -0.111. The van der Waals surface area contributed by atoms with Crippen LogP contribution in [0.4, 0.5) is 5.69 Å². The minimum Gasteiger partial charge on any atom is -0.322 e. The highest BCUT2D eigenvalue weighted by molar-refractivity contribution is 14.1. The van der Waals surface area contributed by atoms with E-state index in [-0.39, 0.29) is 5.91 Å². The van der Waals surface area contributed by atoms with Crippen molar-refractivity contribution in [3.63, 3.8) is 0 Å². The van der Waals surface area contributed by atoms with Gasteiger partial charge < -0.3 is 5.32 Å². The first kappa shape index (κ1) is 14.2. The molecule has 0 radical (unpaired) electrons. The number of nitrogens with zero attached hydrogens (tertiary/aromatic N) is 1. The number of thiazole rings is 1. The first-order valence-electron chi connectivity index (χ1n) is 6.31. The summed E-state index contributed by atoms with van der Waals surface area (Å²) in [5, 5.41) is 3.69. The summed E-state index contributed by atoms with van der Waals surface area (Å²) in [7, 11) is 0. The van der Waals surface area contributed by atoms with Crippen molar-refractivity contribution >= 4 is 61.8 Å². The summed E-state index contributed by atoms with van der Waals surface area (Å²) in [6.07, 6.45) is 3.26. The molecule has 3 rings (SSSR count). The van der Waals surface area contributed by atoms with Crippen LogP contribution in [0.1, 0.15) is 5.01 Å². The van der Waals surface area contributed by atoms with E-state index in [4.69, 9.17) is 0 Å². The van der Waals surface area contributed by atoms with Gasteiger partial charge in [-0.3, -0.25) is 4.79 Å². The second-order valence-electron chi connectivity index (χ2n) is 4.32. The largest absolute Gasteiger partial charge is 0.322 e. The van der Waals surface area contributed by atoms with Gasteiger partial charge in [0.25, 0.3) is 0 Å². The fraction of sp³-hybridized carbons (Fsp3) is 0. The molecule has 5 heteroatoms. The number of nitrogens with one attached hydrogen (secondary N) is 1. The summed E-state index contributed by atoms with van der Waals surface area (Å²) in [5.74, 6) is -0.154. The topological polar surface area (TPSA) is 42.0 Å². The minimum atomic E-state index is -0.154. The number of amides is 1. The molecule has 3 aromatic rings. The summed E-state index contributed by atoms with van der Waals surface area (Å²) in [6.45, 7) is 0. The molecule has 1 heterocycles. The second kappa shape index (κ2) is 6.36. The van der Waals surface area contributed by atoms with Crippen LogP contribution in [0.2, 0.25) is 0 Å². The van der Waals surface area contributed by atoms with Crippen LogP contribution in [0.25, 0.3) is 16.3 Å². The van der Waals surface area contributed by atoms with Crippen LogP contribution in [0.15, 0.2) is 54.6 Å². The van der Waals surface area contributed by atoms with Crippen LogP contribution in [0.5, 0.6) is 0 Å². The molecule has 0 spiro atoms. The van der Waals surface area contributed by atoms with Crippen molar-refractivity contribution < 1.29 is 4.79 Å². The Morgan fingerprint density at radius 1 is 1.14 bits per heavy atom. The number of hydrogen-bond acceptors (Lipinski definition) is 3. The molecule has 0 fully saturated rings. The molecule has 21 heavy (non-hydrogen) atoms. The van der Waals surface area contributed by atoms with Gasteiger partial charge in [0.1, 0.15) is 5.01 Å².